The molecule has 30 heavy (non-hydrogen) atoms. The van der Waals surface area contributed by atoms with Gasteiger partial charge in [-0.05, 0) is 62.6 Å². The molecule has 1 saturated carbocycles. The molecule has 3 nitrogen and oxygen atoms in total. The largest absolute Gasteiger partial charge is 0.331 e. The smallest absolute Gasteiger partial charge is 0.254 e. The van der Waals surface area contributed by atoms with E-state index in [-0.39, 0.29) is 11.9 Å². The van der Waals surface area contributed by atoms with Gasteiger partial charge in [-0.25, -0.2) is 9.37 Å². The fourth-order valence-corrected chi connectivity index (χ4v) is 4.71. The molecule has 3 aromatic rings. The van der Waals surface area contributed by atoms with Gasteiger partial charge in [-0.2, -0.15) is 0 Å². The van der Waals surface area contributed by atoms with E-state index in [0.717, 1.165) is 53.3 Å². The molecule has 1 amide bonds. The number of benzene rings is 2. The minimum Gasteiger partial charge on any atom is -0.331 e. The van der Waals surface area contributed by atoms with Gasteiger partial charge in [0.2, 0.25) is 0 Å². The van der Waals surface area contributed by atoms with E-state index < -0.39 is 5.82 Å². The number of hydrogen-bond acceptors (Lipinski definition) is 2. The zero-order valence-corrected chi connectivity index (χ0v) is 18.2. The Hall–Kier alpha value is -2.46. The second-order valence-corrected chi connectivity index (χ2v) is 8.69. The van der Waals surface area contributed by atoms with E-state index in [1.165, 1.54) is 18.6 Å². The molecule has 156 valence electrons. The SMILES string of the molecule is Cc1cc(C)c2nc(Cl)c(CN(C(=O)c3cccc(F)c3)C3CCCCC3)cc2c1. The maximum Gasteiger partial charge on any atom is 0.254 e. The third kappa shape index (κ3) is 4.34. The van der Waals surface area contributed by atoms with E-state index in [9.17, 15) is 9.18 Å². The molecule has 2 aromatic carbocycles. The average molecular weight is 425 g/mol. The fourth-order valence-electron chi connectivity index (χ4n) is 4.51. The Morgan fingerprint density at radius 1 is 1.13 bits per heavy atom. The van der Waals surface area contributed by atoms with Crippen LogP contribution in [0.15, 0.2) is 42.5 Å². The van der Waals surface area contributed by atoms with E-state index in [1.54, 1.807) is 12.1 Å². The molecule has 1 fully saturated rings. The van der Waals surface area contributed by atoms with Crippen molar-refractivity contribution < 1.29 is 9.18 Å². The Morgan fingerprint density at radius 2 is 1.90 bits per heavy atom. The molecule has 1 aromatic heterocycles. The van der Waals surface area contributed by atoms with Gasteiger partial charge < -0.3 is 4.90 Å². The normalized spacial score (nSPS) is 14.8. The number of nitrogens with zero attached hydrogens (tertiary/aromatic N) is 2. The van der Waals surface area contributed by atoms with Crippen molar-refractivity contribution in [2.24, 2.45) is 0 Å². The number of fused-ring (bicyclic) bond motifs is 1. The summed E-state index contributed by atoms with van der Waals surface area (Å²) >= 11 is 6.56. The fraction of sp³-hybridized carbons (Fsp3) is 0.360. The average Bonchev–Trinajstić information content (AvgIpc) is 2.73. The summed E-state index contributed by atoms with van der Waals surface area (Å²) in [6.45, 7) is 4.46. The van der Waals surface area contributed by atoms with Gasteiger partial charge in [0.05, 0.1) is 5.52 Å². The molecule has 5 heteroatoms. The summed E-state index contributed by atoms with van der Waals surface area (Å²) in [6, 6.07) is 12.3. The van der Waals surface area contributed by atoms with Gasteiger partial charge in [0, 0.05) is 29.1 Å². The molecule has 1 aliphatic rings. The van der Waals surface area contributed by atoms with Gasteiger partial charge in [0.1, 0.15) is 11.0 Å². The van der Waals surface area contributed by atoms with Crippen LogP contribution in [0.2, 0.25) is 5.15 Å². The molecule has 0 spiro atoms. The van der Waals surface area contributed by atoms with E-state index in [1.807, 2.05) is 17.9 Å². The summed E-state index contributed by atoms with van der Waals surface area (Å²) in [5.74, 6) is -0.557. The van der Waals surface area contributed by atoms with Crippen LogP contribution < -0.4 is 0 Å². The predicted octanol–water partition coefficient (Wildman–Crippen LogP) is 6.62. The zero-order valence-electron chi connectivity index (χ0n) is 17.4. The molecule has 1 aliphatic carbocycles. The molecular weight excluding hydrogens is 399 g/mol. The first kappa shape index (κ1) is 20.8. The number of carbonyl (C=O) groups is 1. The summed E-state index contributed by atoms with van der Waals surface area (Å²) in [6.07, 6.45) is 5.30. The van der Waals surface area contributed by atoms with Crippen LogP contribution >= 0.6 is 11.6 Å². The highest BCUT2D eigenvalue weighted by Crippen LogP contribution is 2.29. The van der Waals surface area contributed by atoms with Crippen molar-refractivity contribution in [3.63, 3.8) is 0 Å². The van der Waals surface area contributed by atoms with Gasteiger partial charge in [0.15, 0.2) is 0 Å². The minimum atomic E-state index is -0.402. The maximum absolute atomic E-state index is 13.8. The molecule has 0 atom stereocenters. The summed E-state index contributed by atoms with van der Waals surface area (Å²) in [7, 11) is 0. The van der Waals surface area contributed by atoms with Crippen LogP contribution in [0.3, 0.4) is 0 Å². The van der Waals surface area contributed by atoms with E-state index in [0.29, 0.717) is 17.3 Å². The van der Waals surface area contributed by atoms with Crippen molar-refractivity contribution in [1.82, 2.24) is 9.88 Å². The van der Waals surface area contributed by atoms with E-state index in [2.05, 4.69) is 24.0 Å². The first-order valence-corrected chi connectivity index (χ1v) is 10.9. The number of aryl methyl sites for hydroxylation is 2. The first-order chi connectivity index (χ1) is 14.4. The van der Waals surface area contributed by atoms with E-state index >= 15 is 0 Å². The van der Waals surface area contributed by atoms with Crippen molar-refractivity contribution in [1.29, 1.82) is 0 Å². The lowest BCUT2D eigenvalue weighted by molar-refractivity contribution is 0.0613. The Bertz CT molecular complexity index is 1090. The van der Waals surface area contributed by atoms with Crippen LogP contribution in [0, 0.1) is 19.7 Å². The first-order valence-electron chi connectivity index (χ1n) is 10.6. The number of rotatable bonds is 4. The quantitative estimate of drug-likeness (QED) is 0.441. The topological polar surface area (TPSA) is 33.2 Å². The molecular formula is C25H26ClFN2O. The number of aromatic nitrogens is 1. The minimum absolute atomic E-state index is 0.125. The lowest BCUT2D eigenvalue weighted by atomic mass is 9.93. The summed E-state index contributed by atoms with van der Waals surface area (Å²) in [5, 5.41) is 1.44. The van der Waals surface area contributed by atoms with Crippen molar-refractivity contribution in [3.8, 4) is 0 Å². The van der Waals surface area contributed by atoms with Crippen LogP contribution in [-0.2, 0) is 6.54 Å². The number of carbonyl (C=O) groups excluding carboxylic acids is 1. The molecule has 4 rings (SSSR count). The Morgan fingerprint density at radius 3 is 2.63 bits per heavy atom. The molecule has 0 saturated heterocycles. The van der Waals surface area contributed by atoms with Crippen molar-refractivity contribution >= 4 is 28.4 Å². The van der Waals surface area contributed by atoms with Crippen LogP contribution in [0.5, 0.6) is 0 Å². The number of hydrogen-bond donors (Lipinski definition) is 0. The van der Waals surface area contributed by atoms with Crippen molar-refractivity contribution in [2.75, 3.05) is 0 Å². The Labute approximate surface area is 181 Å². The highest BCUT2D eigenvalue weighted by molar-refractivity contribution is 6.30. The monoisotopic (exact) mass is 424 g/mol. The third-order valence-electron chi connectivity index (χ3n) is 5.97. The number of pyridine rings is 1. The molecule has 0 radical (unpaired) electrons. The second kappa shape index (κ2) is 8.73. The molecule has 1 heterocycles. The summed E-state index contributed by atoms with van der Waals surface area (Å²) in [4.78, 5) is 19.9. The maximum atomic E-state index is 13.8. The van der Waals surface area contributed by atoms with Crippen LogP contribution in [0.25, 0.3) is 10.9 Å². The predicted molar refractivity (Wildman–Crippen MR) is 119 cm³/mol. The number of halogens is 2. The van der Waals surface area contributed by atoms with Crippen molar-refractivity contribution in [3.05, 3.63) is 75.7 Å². The summed E-state index contributed by atoms with van der Waals surface area (Å²) in [5.41, 5.74) is 4.32. The van der Waals surface area contributed by atoms with Crippen LogP contribution in [0.4, 0.5) is 4.39 Å². The van der Waals surface area contributed by atoms with Crippen LogP contribution in [0.1, 0.15) is 59.2 Å². The van der Waals surface area contributed by atoms with Crippen LogP contribution in [-0.4, -0.2) is 21.8 Å². The van der Waals surface area contributed by atoms with Gasteiger partial charge >= 0.3 is 0 Å². The molecule has 0 N–H and O–H groups in total. The van der Waals surface area contributed by atoms with Gasteiger partial charge in [-0.3, -0.25) is 4.79 Å². The Kier molecular flexibility index (Phi) is 6.05. The van der Waals surface area contributed by atoms with Crippen molar-refractivity contribution in [2.45, 2.75) is 58.5 Å². The lowest BCUT2D eigenvalue weighted by Gasteiger charge is -2.35. The number of amides is 1. The third-order valence-corrected chi connectivity index (χ3v) is 6.29. The molecule has 0 unspecified atom stereocenters. The van der Waals surface area contributed by atoms with Gasteiger partial charge in [-0.1, -0.05) is 48.6 Å². The van der Waals surface area contributed by atoms with Gasteiger partial charge in [-0.15, -0.1) is 0 Å². The lowest BCUT2D eigenvalue weighted by Crippen LogP contribution is -2.41. The molecule has 0 bridgehead atoms. The zero-order chi connectivity index (χ0) is 21.3. The Balaban J connectivity index is 1.72. The molecule has 0 aliphatic heterocycles. The highest BCUT2D eigenvalue weighted by atomic mass is 35.5. The standard InChI is InChI=1S/C25H26ClFN2O/c1-16-11-17(2)23-19(12-16)13-20(24(26)28-23)15-29(22-9-4-3-5-10-22)25(30)18-7-6-8-21(27)14-18/h6-8,11-14,22H,3-5,9-10,15H2,1-2H3. The summed E-state index contributed by atoms with van der Waals surface area (Å²) < 4.78 is 13.8. The second-order valence-electron chi connectivity index (χ2n) is 8.33. The highest BCUT2D eigenvalue weighted by Gasteiger charge is 2.27. The van der Waals surface area contributed by atoms with E-state index in [4.69, 9.17) is 11.6 Å². The van der Waals surface area contributed by atoms with Gasteiger partial charge in [0.25, 0.3) is 5.91 Å².